The summed E-state index contributed by atoms with van der Waals surface area (Å²) in [6.45, 7) is 1.45. The van der Waals surface area contributed by atoms with Gasteiger partial charge >= 0.3 is 6.18 Å². The summed E-state index contributed by atoms with van der Waals surface area (Å²) >= 11 is 0. The Morgan fingerprint density at radius 3 is 2.36 bits per heavy atom. The van der Waals surface area contributed by atoms with Crippen molar-refractivity contribution < 1.29 is 13.2 Å². The summed E-state index contributed by atoms with van der Waals surface area (Å²) in [4.78, 5) is 10.8. The van der Waals surface area contributed by atoms with Gasteiger partial charge in [0.25, 0.3) is 0 Å². The van der Waals surface area contributed by atoms with Gasteiger partial charge in [0.2, 0.25) is 5.95 Å². The molecule has 172 valence electrons. The van der Waals surface area contributed by atoms with Crippen LogP contribution in [0.4, 0.5) is 30.5 Å². The van der Waals surface area contributed by atoms with Gasteiger partial charge in [-0.25, -0.2) is 9.97 Å². The maximum absolute atomic E-state index is 13.5. The zero-order valence-corrected chi connectivity index (χ0v) is 17.9. The summed E-state index contributed by atoms with van der Waals surface area (Å²) < 4.78 is 40.5. The number of nitrogens with zero attached hydrogens (tertiary/aromatic N) is 3. The van der Waals surface area contributed by atoms with Crippen LogP contribution in [-0.4, -0.2) is 23.1 Å². The molecule has 2 aliphatic rings. The summed E-state index contributed by atoms with van der Waals surface area (Å²) in [6, 6.07) is 10.0. The van der Waals surface area contributed by atoms with Gasteiger partial charge in [0.15, 0.2) is 0 Å². The van der Waals surface area contributed by atoms with Crippen LogP contribution in [0.5, 0.6) is 0 Å². The van der Waals surface area contributed by atoms with Crippen molar-refractivity contribution in [2.75, 3.05) is 29.5 Å². The number of fused-ring (bicyclic) bond motifs is 1. The van der Waals surface area contributed by atoms with Gasteiger partial charge in [0.1, 0.15) is 0 Å². The van der Waals surface area contributed by atoms with Crippen molar-refractivity contribution >= 4 is 17.3 Å². The number of rotatable bonds is 2. The quantitative estimate of drug-likeness (QED) is 0.502. The highest BCUT2D eigenvalue weighted by molar-refractivity contribution is 5.73. The second-order valence-electron chi connectivity index (χ2n) is 9.00. The molecule has 6 nitrogen and oxygen atoms in total. The molecule has 0 saturated carbocycles. The summed E-state index contributed by atoms with van der Waals surface area (Å²) in [5.74, 6) is 0.499. The van der Waals surface area contributed by atoms with Gasteiger partial charge in [-0.3, -0.25) is 0 Å². The lowest BCUT2D eigenvalue weighted by Crippen LogP contribution is -2.44. The van der Waals surface area contributed by atoms with Gasteiger partial charge < -0.3 is 22.1 Å². The van der Waals surface area contributed by atoms with Crippen molar-refractivity contribution in [3.8, 4) is 11.1 Å². The predicted molar refractivity (Wildman–Crippen MR) is 122 cm³/mol. The Morgan fingerprint density at radius 2 is 1.70 bits per heavy atom. The van der Waals surface area contributed by atoms with E-state index >= 15 is 0 Å². The van der Waals surface area contributed by atoms with Crippen LogP contribution in [-0.2, 0) is 12.6 Å². The Labute approximate surface area is 189 Å². The molecular formula is C24H25F3N6. The molecule has 1 aromatic heterocycles. The predicted octanol–water partition coefficient (Wildman–Crippen LogP) is 4.17. The third-order valence-corrected chi connectivity index (χ3v) is 7.08. The van der Waals surface area contributed by atoms with Crippen LogP contribution < -0.4 is 22.1 Å². The maximum Gasteiger partial charge on any atom is 0.418 e. The fourth-order valence-electron chi connectivity index (χ4n) is 5.27. The third-order valence-electron chi connectivity index (χ3n) is 7.08. The molecule has 33 heavy (non-hydrogen) atoms. The number of halogens is 3. The topological polar surface area (TPSA) is 107 Å². The van der Waals surface area contributed by atoms with Crippen molar-refractivity contribution in [1.82, 2.24) is 9.97 Å². The molecule has 1 atom stereocenters. The highest BCUT2D eigenvalue weighted by Crippen LogP contribution is 2.51. The number of hydrogen-bond acceptors (Lipinski definition) is 6. The number of alkyl halides is 3. The number of anilines is 3. The second-order valence-corrected chi connectivity index (χ2v) is 9.00. The van der Waals surface area contributed by atoms with Crippen molar-refractivity contribution in [3.63, 3.8) is 0 Å². The van der Waals surface area contributed by atoms with Crippen LogP contribution in [0.2, 0.25) is 0 Å². The first kappa shape index (κ1) is 21.5. The molecule has 1 aliphatic carbocycles. The van der Waals surface area contributed by atoms with Gasteiger partial charge in [-0.1, -0.05) is 18.2 Å². The number of benzene rings is 2. The average molecular weight is 455 g/mol. The molecule has 1 spiro atoms. The minimum Gasteiger partial charge on any atom is -0.399 e. The molecule has 5 rings (SSSR count). The number of nitrogens with two attached hydrogens (primary N) is 3. The molecular weight excluding hydrogens is 429 g/mol. The molecule has 2 heterocycles. The van der Waals surface area contributed by atoms with E-state index in [1.165, 1.54) is 36.2 Å². The highest BCUT2D eigenvalue weighted by Gasteiger charge is 2.46. The lowest BCUT2D eigenvalue weighted by molar-refractivity contribution is -0.136. The van der Waals surface area contributed by atoms with Crippen molar-refractivity contribution in [2.24, 2.45) is 11.1 Å². The Kier molecular flexibility index (Phi) is 4.97. The van der Waals surface area contributed by atoms with E-state index < -0.39 is 11.7 Å². The Bertz CT molecular complexity index is 1180. The number of nitrogen functional groups attached to an aromatic ring is 2. The maximum atomic E-state index is 13.5. The van der Waals surface area contributed by atoms with E-state index in [-0.39, 0.29) is 28.3 Å². The largest absolute Gasteiger partial charge is 0.418 e. The smallest absolute Gasteiger partial charge is 0.399 e. The summed E-state index contributed by atoms with van der Waals surface area (Å²) in [6.07, 6.45) is 0.964. The Hall–Kier alpha value is -3.33. The SMILES string of the molecule is Nc1ccc2c(c1)[C@@H](N)C1(CCN(c3ncc(-c4cccc(N)c4C(F)(F)F)cn3)CC1)C2. The van der Waals surface area contributed by atoms with E-state index in [1.807, 2.05) is 12.1 Å². The first-order valence-corrected chi connectivity index (χ1v) is 10.8. The highest BCUT2D eigenvalue weighted by atomic mass is 19.4. The lowest BCUT2D eigenvalue weighted by atomic mass is 9.73. The average Bonchev–Trinajstić information content (AvgIpc) is 3.04. The fourth-order valence-corrected chi connectivity index (χ4v) is 5.27. The molecule has 3 aromatic rings. The van der Waals surface area contributed by atoms with Gasteiger partial charge in [-0.2, -0.15) is 13.2 Å². The van der Waals surface area contributed by atoms with E-state index in [9.17, 15) is 13.2 Å². The number of aromatic nitrogens is 2. The van der Waals surface area contributed by atoms with Crippen molar-refractivity contribution in [2.45, 2.75) is 31.5 Å². The van der Waals surface area contributed by atoms with Crippen molar-refractivity contribution in [3.05, 3.63) is 65.5 Å². The Morgan fingerprint density at radius 1 is 1.00 bits per heavy atom. The molecule has 0 radical (unpaired) electrons. The number of piperidine rings is 1. The minimum atomic E-state index is -4.57. The standard InChI is InChI=1S/C24H25F3N6/c25-24(26,27)20-17(2-1-3-19(20)29)15-12-31-22(32-13-15)33-8-6-23(7-9-33)11-14-4-5-16(28)10-18(14)21(23)30/h1-5,10,12-13,21H,6-9,11,28-30H2/t21-/m1/s1. The summed E-state index contributed by atoms with van der Waals surface area (Å²) in [5, 5.41) is 0. The molecule has 1 saturated heterocycles. The lowest BCUT2D eigenvalue weighted by Gasteiger charge is -2.42. The van der Waals surface area contributed by atoms with Crippen LogP contribution in [0, 0.1) is 5.41 Å². The zero-order valence-electron chi connectivity index (χ0n) is 17.9. The molecule has 1 aliphatic heterocycles. The number of hydrogen-bond donors (Lipinski definition) is 3. The molecule has 9 heteroatoms. The molecule has 0 amide bonds. The second kappa shape index (κ2) is 7.62. The molecule has 2 aromatic carbocycles. The first-order valence-electron chi connectivity index (χ1n) is 10.8. The normalized spacial score (nSPS) is 19.6. The molecule has 0 unspecified atom stereocenters. The van der Waals surface area contributed by atoms with E-state index in [4.69, 9.17) is 17.2 Å². The molecule has 1 fully saturated rings. The van der Waals surface area contributed by atoms with Crippen LogP contribution in [0.25, 0.3) is 11.1 Å². The zero-order chi connectivity index (χ0) is 23.4. The van der Waals surface area contributed by atoms with Gasteiger partial charge in [-0.15, -0.1) is 0 Å². The van der Waals surface area contributed by atoms with Crippen LogP contribution in [0.15, 0.2) is 48.8 Å². The van der Waals surface area contributed by atoms with E-state index in [1.54, 1.807) is 0 Å². The molecule has 0 bridgehead atoms. The summed E-state index contributed by atoms with van der Waals surface area (Å²) in [5.41, 5.74) is 20.4. The first-order chi connectivity index (χ1) is 15.7. The van der Waals surface area contributed by atoms with Gasteiger partial charge in [0.05, 0.1) is 5.56 Å². The van der Waals surface area contributed by atoms with Crippen molar-refractivity contribution in [1.29, 1.82) is 0 Å². The molecule has 6 N–H and O–H groups in total. The van der Waals surface area contributed by atoms with E-state index in [2.05, 4.69) is 20.9 Å². The van der Waals surface area contributed by atoms with Crippen LogP contribution in [0.3, 0.4) is 0 Å². The monoisotopic (exact) mass is 454 g/mol. The van der Waals surface area contributed by atoms with Crippen LogP contribution in [0.1, 0.15) is 35.6 Å². The Balaban J connectivity index is 1.33. The third kappa shape index (κ3) is 3.66. The van der Waals surface area contributed by atoms with Gasteiger partial charge in [-0.05, 0) is 59.6 Å². The van der Waals surface area contributed by atoms with E-state index in [0.29, 0.717) is 5.95 Å². The fraction of sp³-hybridized carbons (Fsp3) is 0.333. The van der Waals surface area contributed by atoms with E-state index in [0.717, 1.165) is 43.6 Å². The van der Waals surface area contributed by atoms with Crippen LogP contribution >= 0.6 is 0 Å². The summed E-state index contributed by atoms with van der Waals surface area (Å²) in [7, 11) is 0. The minimum absolute atomic E-state index is 0.0181. The van der Waals surface area contributed by atoms with Gasteiger partial charge in [0, 0.05) is 48.5 Å².